The van der Waals surface area contributed by atoms with Gasteiger partial charge in [-0.05, 0) is 34.7 Å². The lowest BCUT2D eigenvalue weighted by atomic mass is 10.1. The number of Topliss-reactive ketones (excluding diaryl/α,β-unsaturated/α-hetero) is 1. The summed E-state index contributed by atoms with van der Waals surface area (Å²) in [5, 5.41) is 9.89. The molecule has 1 N–H and O–H groups in total. The maximum Gasteiger partial charge on any atom is 0.192 e. The van der Waals surface area contributed by atoms with Crippen LogP contribution in [0.3, 0.4) is 0 Å². The van der Waals surface area contributed by atoms with Crippen LogP contribution in [-0.4, -0.2) is 31.2 Å². The lowest BCUT2D eigenvalue weighted by Crippen LogP contribution is -2.08. The largest absolute Gasteiger partial charge is 0.506 e. The molecule has 0 spiro atoms. The molecule has 0 aromatic heterocycles. The molecule has 0 unspecified atom stereocenters. The third-order valence-electron chi connectivity index (χ3n) is 2.01. The summed E-state index contributed by atoms with van der Waals surface area (Å²) in [5.41, 5.74) is 0.238. The Morgan fingerprint density at radius 2 is 2.29 bits per heavy atom. The molecular formula is C12H13IO4. The summed E-state index contributed by atoms with van der Waals surface area (Å²) in [6.45, 7) is 3.83. The Kier molecular flexibility index (Phi) is 5.43. The summed E-state index contributed by atoms with van der Waals surface area (Å²) in [6, 6.07) is 3.17. The fraction of sp³-hybridized carbons (Fsp3) is 0.250. The molecule has 0 heterocycles. The molecule has 0 atom stereocenters. The minimum atomic E-state index is -0.266. The van der Waals surface area contributed by atoms with E-state index in [0.29, 0.717) is 15.9 Å². The summed E-state index contributed by atoms with van der Waals surface area (Å²) in [7, 11) is 1.43. The molecule has 0 saturated carbocycles. The van der Waals surface area contributed by atoms with Gasteiger partial charge in [-0.2, -0.15) is 0 Å². The SMILES string of the molecule is C=CCOc1ccc(C(=O)COC)c(O)c1I. The Hall–Kier alpha value is -1.08. The molecule has 0 amide bonds. The van der Waals surface area contributed by atoms with Crippen LogP contribution in [0, 0.1) is 3.57 Å². The van der Waals surface area contributed by atoms with E-state index in [1.165, 1.54) is 13.2 Å². The highest BCUT2D eigenvalue weighted by Crippen LogP contribution is 2.32. The maximum absolute atomic E-state index is 11.6. The molecular weight excluding hydrogens is 335 g/mol. The summed E-state index contributed by atoms with van der Waals surface area (Å²) in [4.78, 5) is 11.6. The average Bonchev–Trinajstić information content (AvgIpc) is 2.31. The van der Waals surface area contributed by atoms with Crippen molar-refractivity contribution in [2.24, 2.45) is 0 Å². The van der Waals surface area contributed by atoms with Gasteiger partial charge in [0.15, 0.2) is 5.78 Å². The normalized spacial score (nSPS) is 10.0. The Labute approximate surface area is 113 Å². The van der Waals surface area contributed by atoms with E-state index in [1.54, 1.807) is 12.1 Å². The van der Waals surface area contributed by atoms with Crippen molar-refractivity contribution in [2.75, 3.05) is 20.3 Å². The first-order valence-corrected chi connectivity index (χ1v) is 5.97. The molecule has 5 heteroatoms. The molecule has 0 aliphatic rings. The lowest BCUT2D eigenvalue weighted by molar-refractivity contribution is 0.0845. The molecule has 1 aromatic rings. The fourth-order valence-electron chi connectivity index (χ4n) is 1.24. The topological polar surface area (TPSA) is 55.8 Å². The summed E-state index contributed by atoms with van der Waals surface area (Å²) in [6.07, 6.45) is 1.61. The van der Waals surface area contributed by atoms with Crippen LogP contribution in [0.2, 0.25) is 0 Å². The van der Waals surface area contributed by atoms with E-state index >= 15 is 0 Å². The van der Waals surface area contributed by atoms with E-state index in [9.17, 15) is 9.90 Å². The Bertz CT molecular complexity index is 429. The number of phenolic OH excluding ortho intramolecular Hbond substituents is 1. The summed E-state index contributed by atoms with van der Waals surface area (Å²) >= 11 is 1.93. The molecule has 1 rings (SSSR count). The van der Waals surface area contributed by atoms with E-state index < -0.39 is 0 Å². The number of carbonyl (C=O) groups excluding carboxylic acids is 1. The number of ether oxygens (including phenoxy) is 2. The number of aromatic hydroxyl groups is 1. The van der Waals surface area contributed by atoms with Crippen LogP contribution in [0.1, 0.15) is 10.4 Å². The lowest BCUT2D eigenvalue weighted by Gasteiger charge is -2.10. The minimum Gasteiger partial charge on any atom is -0.506 e. The first kappa shape index (κ1) is 14.0. The number of benzene rings is 1. The smallest absolute Gasteiger partial charge is 0.192 e. The Morgan fingerprint density at radius 1 is 1.59 bits per heavy atom. The highest BCUT2D eigenvalue weighted by Gasteiger charge is 2.16. The first-order valence-electron chi connectivity index (χ1n) is 4.89. The number of hydrogen-bond donors (Lipinski definition) is 1. The van der Waals surface area contributed by atoms with Crippen molar-refractivity contribution in [3.8, 4) is 11.5 Å². The van der Waals surface area contributed by atoms with Crippen LogP contribution < -0.4 is 4.74 Å². The number of halogens is 1. The standard InChI is InChI=1S/C12H13IO4/c1-3-6-17-10-5-4-8(9(14)7-16-2)12(15)11(10)13/h3-5,15H,1,6-7H2,2H3. The number of methoxy groups -OCH3 is 1. The number of phenols is 1. The zero-order valence-corrected chi connectivity index (χ0v) is 11.6. The Balaban J connectivity index is 3.01. The number of carbonyl (C=O) groups is 1. The highest BCUT2D eigenvalue weighted by molar-refractivity contribution is 14.1. The fourth-order valence-corrected chi connectivity index (χ4v) is 1.87. The molecule has 0 bridgehead atoms. The van der Waals surface area contributed by atoms with Gasteiger partial charge in [-0.1, -0.05) is 12.7 Å². The predicted molar refractivity (Wildman–Crippen MR) is 72.7 cm³/mol. The van der Waals surface area contributed by atoms with E-state index in [-0.39, 0.29) is 23.7 Å². The van der Waals surface area contributed by atoms with Crippen molar-refractivity contribution in [3.05, 3.63) is 33.9 Å². The van der Waals surface area contributed by atoms with Gasteiger partial charge in [-0.15, -0.1) is 0 Å². The van der Waals surface area contributed by atoms with Crippen molar-refractivity contribution in [3.63, 3.8) is 0 Å². The van der Waals surface area contributed by atoms with Crippen molar-refractivity contribution < 1.29 is 19.4 Å². The van der Waals surface area contributed by atoms with Crippen LogP contribution >= 0.6 is 22.6 Å². The monoisotopic (exact) mass is 348 g/mol. The zero-order chi connectivity index (χ0) is 12.8. The van der Waals surface area contributed by atoms with Gasteiger partial charge < -0.3 is 14.6 Å². The molecule has 17 heavy (non-hydrogen) atoms. The zero-order valence-electron chi connectivity index (χ0n) is 9.40. The van der Waals surface area contributed by atoms with Crippen molar-refractivity contribution in [2.45, 2.75) is 0 Å². The number of hydrogen-bond acceptors (Lipinski definition) is 4. The minimum absolute atomic E-state index is 0.0590. The predicted octanol–water partition coefficient (Wildman–Crippen LogP) is 2.39. The van der Waals surface area contributed by atoms with Gasteiger partial charge in [-0.25, -0.2) is 0 Å². The maximum atomic E-state index is 11.6. The average molecular weight is 348 g/mol. The van der Waals surface area contributed by atoms with E-state index in [1.807, 2.05) is 22.6 Å². The van der Waals surface area contributed by atoms with Crippen molar-refractivity contribution in [1.82, 2.24) is 0 Å². The molecule has 0 radical (unpaired) electrons. The summed E-state index contributed by atoms with van der Waals surface area (Å²) in [5.74, 6) is 0.185. The van der Waals surface area contributed by atoms with Crippen LogP contribution in [-0.2, 0) is 4.74 Å². The quantitative estimate of drug-likeness (QED) is 0.487. The molecule has 92 valence electrons. The van der Waals surface area contributed by atoms with Crippen molar-refractivity contribution in [1.29, 1.82) is 0 Å². The van der Waals surface area contributed by atoms with Crippen molar-refractivity contribution >= 4 is 28.4 Å². The van der Waals surface area contributed by atoms with E-state index in [4.69, 9.17) is 9.47 Å². The van der Waals surface area contributed by atoms with Crippen LogP contribution in [0.15, 0.2) is 24.8 Å². The van der Waals surface area contributed by atoms with Crippen LogP contribution in [0.5, 0.6) is 11.5 Å². The Morgan fingerprint density at radius 3 is 2.88 bits per heavy atom. The van der Waals surface area contributed by atoms with E-state index in [0.717, 1.165) is 0 Å². The third kappa shape index (κ3) is 3.44. The molecule has 0 saturated heterocycles. The molecule has 1 aromatic carbocycles. The molecule has 0 fully saturated rings. The van der Waals surface area contributed by atoms with Crippen LogP contribution in [0.4, 0.5) is 0 Å². The third-order valence-corrected chi connectivity index (χ3v) is 3.06. The highest BCUT2D eigenvalue weighted by atomic mass is 127. The van der Waals surface area contributed by atoms with Gasteiger partial charge in [0, 0.05) is 7.11 Å². The van der Waals surface area contributed by atoms with Crippen LogP contribution in [0.25, 0.3) is 0 Å². The van der Waals surface area contributed by atoms with Gasteiger partial charge in [0.25, 0.3) is 0 Å². The van der Waals surface area contributed by atoms with E-state index in [2.05, 4.69) is 6.58 Å². The molecule has 0 aliphatic heterocycles. The second-order valence-electron chi connectivity index (χ2n) is 3.23. The summed E-state index contributed by atoms with van der Waals surface area (Å²) < 4.78 is 10.6. The molecule has 4 nitrogen and oxygen atoms in total. The molecule has 0 aliphatic carbocycles. The van der Waals surface area contributed by atoms with Gasteiger partial charge in [0.05, 0.1) is 9.13 Å². The van der Waals surface area contributed by atoms with Gasteiger partial charge in [0.1, 0.15) is 24.7 Å². The van der Waals surface area contributed by atoms with Gasteiger partial charge >= 0.3 is 0 Å². The second-order valence-corrected chi connectivity index (χ2v) is 4.31. The first-order chi connectivity index (χ1) is 8.11. The van der Waals surface area contributed by atoms with Gasteiger partial charge in [0.2, 0.25) is 0 Å². The number of ketones is 1. The number of rotatable bonds is 6. The van der Waals surface area contributed by atoms with Gasteiger partial charge in [-0.3, -0.25) is 4.79 Å². The second kappa shape index (κ2) is 6.61.